The standard InChI is InChI=1S/C28H33N3O3/c1-20(29-2)27(32)30-26(21-12-5-3-6-13-21)28(33)31-19-11-17-24(31)23-16-9-10-18-25(23)34-22-14-7-4-8-15-22/h4,7-11,14-21,26,29H,3,5-6,12-13H2,1-2H3,(H,30,32)/t20-,26-/m0/s1. The molecule has 0 aliphatic heterocycles. The summed E-state index contributed by atoms with van der Waals surface area (Å²) in [7, 11) is 1.75. The minimum absolute atomic E-state index is 0.113. The first-order valence-corrected chi connectivity index (χ1v) is 12.1. The van der Waals surface area contributed by atoms with Gasteiger partial charge in [0.25, 0.3) is 5.91 Å². The van der Waals surface area contributed by atoms with Gasteiger partial charge in [-0.25, -0.2) is 0 Å². The second kappa shape index (κ2) is 11.2. The molecule has 6 heteroatoms. The SMILES string of the molecule is CN[C@@H](C)C(=O)N[C@H](C(=O)n1cccc1-c1ccccc1Oc1ccccc1)C1CCCCC1. The lowest BCUT2D eigenvalue weighted by Crippen LogP contribution is -2.53. The fourth-order valence-corrected chi connectivity index (χ4v) is 4.58. The van der Waals surface area contributed by atoms with Crippen LogP contribution in [0.5, 0.6) is 11.5 Å². The molecule has 4 rings (SSSR count). The van der Waals surface area contributed by atoms with Gasteiger partial charge in [0.1, 0.15) is 17.5 Å². The quantitative estimate of drug-likeness (QED) is 0.482. The van der Waals surface area contributed by atoms with Crippen LogP contribution in [0.25, 0.3) is 11.3 Å². The first kappa shape index (κ1) is 23.8. The van der Waals surface area contributed by atoms with Gasteiger partial charge >= 0.3 is 0 Å². The van der Waals surface area contributed by atoms with Gasteiger partial charge in [0.2, 0.25) is 5.91 Å². The van der Waals surface area contributed by atoms with Gasteiger partial charge in [-0.2, -0.15) is 0 Å². The third-order valence-electron chi connectivity index (χ3n) is 6.63. The van der Waals surface area contributed by atoms with Crippen molar-refractivity contribution < 1.29 is 14.3 Å². The van der Waals surface area contributed by atoms with Gasteiger partial charge in [0, 0.05) is 11.8 Å². The number of likely N-dealkylation sites (N-methyl/N-ethyl adjacent to an activating group) is 1. The van der Waals surface area contributed by atoms with Crippen LogP contribution < -0.4 is 15.4 Å². The zero-order chi connectivity index (χ0) is 23.9. The Morgan fingerprint density at radius 2 is 1.65 bits per heavy atom. The average molecular weight is 460 g/mol. The van der Waals surface area contributed by atoms with Gasteiger partial charge in [-0.3, -0.25) is 14.2 Å². The number of aromatic nitrogens is 1. The fourth-order valence-electron chi connectivity index (χ4n) is 4.58. The zero-order valence-corrected chi connectivity index (χ0v) is 19.9. The highest BCUT2D eigenvalue weighted by atomic mass is 16.5. The lowest BCUT2D eigenvalue weighted by atomic mass is 9.83. The Balaban J connectivity index is 1.66. The molecule has 0 spiro atoms. The molecule has 1 aliphatic carbocycles. The molecule has 1 heterocycles. The van der Waals surface area contributed by atoms with E-state index in [2.05, 4.69) is 10.6 Å². The van der Waals surface area contributed by atoms with Gasteiger partial charge in [0.05, 0.1) is 11.7 Å². The van der Waals surface area contributed by atoms with E-state index in [9.17, 15) is 9.59 Å². The van der Waals surface area contributed by atoms with Crippen LogP contribution in [0, 0.1) is 5.92 Å². The summed E-state index contributed by atoms with van der Waals surface area (Å²) in [5.74, 6) is 1.25. The summed E-state index contributed by atoms with van der Waals surface area (Å²) >= 11 is 0. The van der Waals surface area contributed by atoms with Crippen molar-refractivity contribution in [2.75, 3.05) is 7.05 Å². The monoisotopic (exact) mass is 459 g/mol. The van der Waals surface area contributed by atoms with Gasteiger partial charge in [0.15, 0.2) is 0 Å². The van der Waals surface area contributed by atoms with Gasteiger partial charge < -0.3 is 15.4 Å². The molecule has 0 bridgehead atoms. The predicted octanol–water partition coefficient (Wildman–Crippen LogP) is 5.26. The molecule has 2 atom stereocenters. The maximum absolute atomic E-state index is 13.9. The van der Waals surface area contributed by atoms with Crippen LogP contribution in [0.15, 0.2) is 72.9 Å². The predicted molar refractivity (Wildman–Crippen MR) is 134 cm³/mol. The summed E-state index contributed by atoms with van der Waals surface area (Å²) in [6, 6.07) is 20.1. The number of nitrogens with zero attached hydrogens (tertiary/aromatic N) is 1. The Morgan fingerprint density at radius 1 is 0.941 bits per heavy atom. The molecular weight excluding hydrogens is 426 g/mol. The number of hydrogen-bond acceptors (Lipinski definition) is 4. The number of amides is 1. The van der Waals surface area contributed by atoms with Crippen LogP contribution in [0.3, 0.4) is 0 Å². The van der Waals surface area contributed by atoms with Crippen molar-refractivity contribution in [2.24, 2.45) is 5.92 Å². The Labute approximate surface area is 201 Å². The van der Waals surface area contributed by atoms with Crippen molar-refractivity contribution in [3.8, 4) is 22.8 Å². The number of nitrogens with one attached hydrogen (secondary N) is 2. The Morgan fingerprint density at radius 3 is 2.38 bits per heavy atom. The van der Waals surface area contributed by atoms with Crippen LogP contribution in [-0.2, 0) is 4.79 Å². The van der Waals surface area contributed by atoms with Gasteiger partial charge in [-0.05, 0) is 69.1 Å². The summed E-state index contributed by atoms with van der Waals surface area (Å²) in [5, 5.41) is 6.02. The first-order valence-electron chi connectivity index (χ1n) is 12.1. The number of ether oxygens (including phenoxy) is 1. The van der Waals surface area contributed by atoms with Crippen molar-refractivity contribution in [1.82, 2.24) is 15.2 Å². The van der Waals surface area contributed by atoms with Crippen molar-refractivity contribution >= 4 is 11.8 Å². The van der Waals surface area contributed by atoms with Crippen LogP contribution in [-0.4, -0.2) is 35.5 Å². The molecule has 0 unspecified atom stereocenters. The number of rotatable bonds is 8. The summed E-state index contributed by atoms with van der Waals surface area (Å²) in [6.07, 6.45) is 7.00. The third kappa shape index (κ3) is 5.39. The van der Waals surface area contributed by atoms with Crippen LogP contribution in [0.2, 0.25) is 0 Å². The highest BCUT2D eigenvalue weighted by molar-refractivity contribution is 5.93. The highest BCUT2D eigenvalue weighted by Crippen LogP contribution is 2.34. The fraction of sp³-hybridized carbons (Fsp3) is 0.357. The average Bonchev–Trinajstić information content (AvgIpc) is 3.37. The number of para-hydroxylation sites is 2. The molecule has 1 aromatic heterocycles. The number of hydrogen-bond donors (Lipinski definition) is 2. The molecule has 1 fully saturated rings. The Kier molecular flexibility index (Phi) is 7.80. The number of carbonyl (C=O) groups excluding carboxylic acids is 2. The molecule has 2 N–H and O–H groups in total. The molecular formula is C28H33N3O3. The first-order chi connectivity index (χ1) is 16.6. The zero-order valence-electron chi connectivity index (χ0n) is 19.9. The summed E-state index contributed by atoms with van der Waals surface area (Å²) < 4.78 is 7.82. The molecule has 1 saturated carbocycles. The van der Waals surface area contributed by atoms with E-state index in [1.165, 1.54) is 6.42 Å². The van der Waals surface area contributed by atoms with E-state index < -0.39 is 6.04 Å². The minimum Gasteiger partial charge on any atom is -0.457 e. The van der Waals surface area contributed by atoms with E-state index in [1.54, 1.807) is 24.7 Å². The van der Waals surface area contributed by atoms with E-state index in [-0.39, 0.29) is 23.8 Å². The second-order valence-corrected chi connectivity index (χ2v) is 8.91. The van der Waals surface area contributed by atoms with E-state index in [0.29, 0.717) is 5.75 Å². The summed E-state index contributed by atoms with van der Waals surface area (Å²) in [5.41, 5.74) is 1.57. The molecule has 34 heavy (non-hydrogen) atoms. The van der Waals surface area contributed by atoms with E-state index in [0.717, 1.165) is 42.7 Å². The maximum atomic E-state index is 13.9. The lowest BCUT2D eigenvalue weighted by Gasteiger charge is -2.31. The van der Waals surface area contributed by atoms with Crippen molar-refractivity contribution in [3.63, 3.8) is 0 Å². The van der Waals surface area contributed by atoms with E-state index >= 15 is 0 Å². The third-order valence-corrected chi connectivity index (χ3v) is 6.63. The van der Waals surface area contributed by atoms with Crippen molar-refractivity contribution in [1.29, 1.82) is 0 Å². The summed E-state index contributed by atoms with van der Waals surface area (Å²) in [4.78, 5) is 26.7. The maximum Gasteiger partial charge on any atom is 0.253 e. The molecule has 0 saturated heterocycles. The number of carbonyl (C=O) groups is 2. The van der Waals surface area contributed by atoms with Crippen molar-refractivity contribution in [2.45, 2.75) is 51.1 Å². The normalized spacial score (nSPS) is 15.9. The Hall–Kier alpha value is -3.38. The topological polar surface area (TPSA) is 72.4 Å². The molecule has 0 radical (unpaired) electrons. The smallest absolute Gasteiger partial charge is 0.253 e. The summed E-state index contributed by atoms with van der Waals surface area (Å²) in [6.45, 7) is 1.80. The van der Waals surface area contributed by atoms with Crippen LogP contribution in [0.1, 0.15) is 43.8 Å². The molecule has 3 aromatic rings. The molecule has 1 aliphatic rings. The highest BCUT2D eigenvalue weighted by Gasteiger charge is 2.33. The van der Waals surface area contributed by atoms with Crippen LogP contribution in [0.4, 0.5) is 0 Å². The van der Waals surface area contributed by atoms with Crippen molar-refractivity contribution in [3.05, 3.63) is 72.9 Å². The minimum atomic E-state index is -0.572. The Bertz CT molecular complexity index is 1100. The molecule has 2 aromatic carbocycles. The van der Waals surface area contributed by atoms with Gasteiger partial charge in [-0.15, -0.1) is 0 Å². The molecule has 178 valence electrons. The number of benzene rings is 2. The van der Waals surface area contributed by atoms with Crippen LogP contribution >= 0.6 is 0 Å². The van der Waals surface area contributed by atoms with E-state index in [4.69, 9.17) is 4.74 Å². The second-order valence-electron chi connectivity index (χ2n) is 8.91. The molecule has 1 amide bonds. The largest absolute Gasteiger partial charge is 0.457 e. The molecule has 6 nitrogen and oxygen atoms in total. The lowest BCUT2D eigenvalue weighted by molar-refractivity contribution is -0.123. The van der Waals surface area contributed by atoms with E-state index in [1.807, 2.05) is 66.7 Å². The van der Waals surface area contributed by atoms with Gasteiger partial charge in [-0.1, -0.05) is 49.6 Å².